The molecular formula is C7H12F2O2. The van der Waals surface area contributed by atoms with E-state index in [4.69, 9.17) is 5.11 Å². The Labute approximate surface area is 64.2 Å². The fourth-order valence-corrected chi connectivity index (χ4v) is 1.37. The van der Waals surface area contributed by atoms with Gasteiger partial charge in [0.15, 0.2) is 0 Å². The molecule has 1 aliphatic carbocycles. The van der Waals surface area contributed by atoms with Crippen molar-refractivity contribution in [2.75, 3.05) is 0 Å². The molecule has 0 aromatic heterocycles. The van der Waals surface area contributed by atoms with Crippen LogP contribution in [0.25, 0.3) is 0 Å². The van der Waals surface area contributed by atoms with E-state index in [0.717, 1.165) is 12.8 Å². The number of halogens is 2. The Bertz CT molecular complexity index is 119. The van der Waals surface area contributed by atoms with Crippen LogP contribution in [0.5, 0.6) is 0 Å². The number of aliphatic hydroxyl groups is 1. The van der Waals surface area contributed by atoms with Crippen LogP contribution in [-0.2, 0) is 4.74 Å². The predicted octanol–water partition coefficient (Wildman–Crippen LogP) is 1.53. The molecule has 2 atom stereocenters. The topological polar surface area (TPSA) is 29.5 Å². The van der Waals surface area contributed by atoms with E-state index < -0.39 is 18.8 Å². The van der Waals surface area contributed by atoms with Crippen LogP contribution in [-0.4, -0.2) is 23.9 Å². The molecule has 1 rings (SSSR count). The Morgan fingerprint density at radius 1 is 1.27 bits per heavy atom. The lowest BCUT2D eigenvalue weighted by molar-refractivity contribution is -0.195. The van der Waals surface area contributed by atoms with Crippen molar-refractivity contribution in [3.05, 3.63) is 0 Å². The van der Waals surface area contributed by atoms with E-state index in [1.165, 1.54) is 0 Å². The molecule has 1 aliphatic rings. The van der Waals surface area contributed by atoms with E-state index in [2.05, 4.69) is 4.74 Å². The summed E-state index contributed by atoms with van der Waals surface area (Å²) in [6.45, 7) is -2.76. The van der Waals surface area contributed by atoms with Crippen molar-refractivity contribution in [1.29, 1.82) is 0 Å². The Kier molecular flexibility index (Phi) is 3.20. The van der Waals surface area contributed by atoms with Crippen LogP contribution in [0.2, 0.25) is 0 Å². The molecule has 0 bridgehead atoms. The van der Waals surface area contributed by atoms with Gasteiger partial charge in [-0.2, -0.15) is 8.78 Å². The fourth-order valence-electron chi connectivity index (χ4n) is 1.37. The normalized spacial score (nSPS) is 32.7. The fraction of sp³-hybridized carbons (Fsp3) is 1.00. The van der Waals surface area contributed by atoms with Crippen molar-refractivity contribution in [2.45, 2.75) is 44.5 Å². The Morgan fingerprint density at radius 2 is 1.91 bits per heavy atom. The second kappa shape index (κ2) is 3.97. The summed E-state index contributed by atoms with van der Waals surface area (Å²) in [7, 11) is 0. The van der Waals surface area contributed by atoms with Gasteiger partial charge in [0.1, 0.15) is 0 Å². The largest absolute Gasteiger partial charge is 0.390 e. The van der Waals surface area contributed by atoms with Gasteiger partial charge in [-0.25, -0.2) is 0 Å². The maximum atomic E-state index is 11.7. The highest BCUT2D eigenvalue weighted by molar-refractivity contribution is 4.74. The highest BCUT2D eigenvalue weighted by Crippen LogP contribution is 2.22. The summed E-state index contributed by atoms with van der Waals surface area (Å²) in [4.78, 5) is 0. The van der Waals surface area contributed by atoms with Gasteiger partial charge in [0, 0.05) is 0 Å². The first-order valence-corrected chi connectivity index (χ1v) is 3.82. The van der Waals surface area contributed by atoms with Gasteiger partial charge in [0.2, 0.25) is 0 Å². The van der Waals surface area contributed by atoms with Gasteiger partial charge in [-0.05, 0) is 12.8 Å². The zero-order chi connectivity index (χ0) is 8.27. The van der Waals surface area contributed by atoms with Crippen LogP contribution in [0.4, 0.5) is 8.78 Å². The SMILES string of the molecule is OC1CCCCC1OC(F)F. The average molecular weight is 166 g/mol. The molecule has 1 saturated carbocycles. The van der Waals surface area contributed by atoms with Crippen LogP contribution in [0.1, 0.15) is 25.7 Å². The van der Waals surface area contributed by atoms with Crippen molar-refractivity contribution in [1.82, 2.24) is 0 Å². The minimum atomic E-state index is -2.76. The second-order valence-corrected chi connectivity index (χ2v) is 2.79. The highest BCUT2D eigenvalue weighted by Gasteiger charge is 2.26. The van der Waals surface area contributed by atoms with E-state index in [1.54, 1.807) is 0 Å². The first-order valence-electron chi connectivity index (χ1n) is 3.82. The van der Waals surface area contributed by atoms with Crippen molar-refractivity contribution < 1.29 is 18.6 Å². The molecule has 0 saturated heterocycles. The zero-order valence-corrected chi connectivity index (χ0v) is 6.17. The molecule has 4 heteroatoms. The quantitative estimate of drug-likeness (QED) is 0.674. The lowest BCUT2D eigenvalue weighted by Crippen LogP contribution is -2.33. The molecule has 0 aliphatic heterocycles. The molecule has 0 aromatic rings. The third-order valence-electron chi connectivity index (χ3n) is 1.95. The molecule has 0 spiro atoms. The molecule has 0 heterocycles. The van der Waals surface area contributed by atoms with Crippen molar-refractivity contribution >= 4 is 0 Å². The molecular weight excluding hydrogens is 154 g/mol. The van der Waals surface area contributed by atoms with E-state index in [-0.39, 0.29) is 0 Å². The van der Waals surface area contributed by atoms with E-state index >= 15 is 0 Å². The van der Waals surface area contributed by atoms with Crippen LogP contribution in [0.3, 0.4) is 0 Å². The van der Waals surface area contributed by atoms with Crippen LogP contribution in [0.15, 0.2) is 0 Å². The third-order valence-corrected chi connectivity index (χ3v) is 1.95. The molecule has 66 valence electrons. The molecule has 1 N–H and O–H groups in total. The molecule has 0 aromatic carbocycles. The zero-order valence-electron chi connectivity index (χ0n) is 6.17. The van der Waals surface area contributed by atoms with E-state index in [9.17, 15) is 8.78 Å². The third kappa shape index (κ3) is 2.71. The Hall–Kier alpha value is -0.220. The smallest absolute Gasteiger partial charge is 0.345 e. The van der Waals surface area contributed by atoms with Gasteiger partial charge in [-0.15, -0.1) is 0 Å². The van der Waals surface area contributed by atoms with Gasteiger partial charge < -0.3 is 9.84 Å². The first-order chi connectivity index (χ1) is 5.20. The monoisotopic (exact) mass is 166 g/mol. The van der Waals surface area contributed by atoms with Gasteiger partial charge in [-0.3, -0.25) is 0 Å². The number of alkyl halides is 2. The number of hydrogen-bond donors (Lipinski definition) is 1. The summed E-state index contributed by atoms with van der Waals surface area (Å²) in [5.41, 5.74) is 0. The van der Waals surface area contributed by atoms with E-state index in [1.807, 2.05) is 0 Å². The summed E-state index contributed by atoms with van der Waals surface area (Å²) in [6.07, 6.45) is 1.56. The minimum Gasteiger partial charge on any atom is -0.390 e. The van der Waals surface area contributed by atoms with Crippen molar-refractivity contribution in [3.8, 4) is 0 Å². The van der Waals surface area contributed by atoms with Gasteiger partial charge >= 0.3 is 6.61 Å². The summed E-state index contributed by atoms with van der Waals surface area (Å²) < 4.78 is 27.5. The second-order valence-electron chi connectivity index (χ2n) is 2.79. The summed E-state index contributed by atoms with van der Waals surface area (Å²) in [5.74, 6) is 0. The maximum absolute atomic E-state index is 11.7. The van der Waals surface area contributed by atoms with Crippen molar-refractivity contribution in [3.63, 3.8) is 0 Å². The summed E-state index contributed by atoms with van der Waals surface area (Å²) in [6, 6.07) is 0. The minimum absolute atomic E-state index is 0.547. The van der Waals surface area contributed by atoms with Crippen LogP contribution in [0, 0.1) is 0 Å². The lowest BCUT2D eigenvalue weighted by atomic mass is 9.95. The van der Waals surface area contributed by atoms with Gasteiger partial charge in [0.05, 0.1) is 12.2 Å². The average Bonchev–Trinajstić information content (AvgIpc) is 1.93. The van der Waals surface area contributed by atoms with Gasteiger partial charge in [0.25, 0.3) is 0 Å². The molecule has 11 heavy (non-hydrogen) atoms. The first kappa shape index (κ1) is 8.87. The Balaban J connectivity index is 2.29. The number of aliphatic hydroxyl groups excluding tert-OH is 1. The summed E-state index contributed by atoms with van der Waals surface area (Å²) in [5, 5.41) is 9.16. The highest BCUT2D eigenvalue weighted by atomic mass is 19.3. The maximum Gasteiger partial charge on any atom is 0.345 e. The molecule has 2 nitrogen and oxygen atoms in total. The molecule has 2 unspecified atom stereocenters. The number of rotatable bonds is 2. The van der Waals surface area contributed by atoms with E-state index in [0.29, 0.717) is 12.8 Å². The van der Waals surface area contributed by atoms with Crippen molar-refractivity contribution in [2.24, 2.45) is 0 Å². The summed E-state index contributed by atoms with van der Waals surface area (Å²) >= 11 is 0. The molecule has 1 fully saturated rings. The standard InChI is InChI=1S/C7H12F2O2/c8-7(9)11-6-4-2-1-3-5(6)10/h5-7,10H,1-4H2. The number of hydrogen-bond acceptors (Lipinski definition) is 2. The number of ether oxygens (including phenoxy) is 1. The van der Waals surface area contributed by atoms with Crippen LogP contribution >= 0.6 is 0 Å². The van der Waals surface area contributed by atoms with Crippen LogP contribution < -0.4 is 0 Å². The molecule has 0 radical (unpaired) electrons. The lowest BCUT2D eigenvalue weighted by Gasteiger charge is -2.26. The molecule has 0 amide bonds. The van der Waals surface area contributed by atoms with Gasteiger partial charge in [-0.1, -0.05) is 12.8 Å². The Morgan fingerprint density at radius 3 is 2.45 bits per heavy atom. The predicted molar refractivity (Wildman–Crippen MR) is 35.4 cm³/mol.